The lowest BCUT2D eigenvalue weighted by Crippen LogP contribution is -2.09. The van der Waals surface area contributed by atoms with E-state index in [9.17, 15) is 0 Å². The van der Waals surface area contributed by atoms with Gasteiger partial charge >= 0.3 is 0 Å². The summed E-state index contributed by atoms with van der Waals surface area (Å²) in [7, 11) is 0. The van der Waals surface area contributed by atoms with Crippen LogP contribution >= 0.6 is 27.7 Å². The minimum Gasteiger partial charge on any atom is -0.492 e. The van der Waals surface area contributed by atoms with Crippen LogP contribution in [-0.4, -0.2) is 18.6 Å². The largest absolute Gasteiger partial charge is 0.492 e. The van der Waals surface area contributed by atoms with Crippen molar-refractivity contribution in [1.82, 2.24) is 0 Å². The van der Waals surface area contributed by atoms with Crippen molar-refractivity contribution < 1.29 is 4.74 Å². The van der Waals surface area contributed by atoms with Gasteiger partial charge in [-0.1, -0.05) is 15.9 Å². The average Bonchev–Trinajstić information content (AvgIpc) is 2.20. The summed E-state index contributed by atoms with van der Waals surface area (Å²) >= 11 is 5.20. The topological polar surface area (TPSA) is 35.2 Å². The van der Waals surface area contributed by atoms with Gasteiger partial charge in [0.15, 0.2) is 0 Å². The van der Waals surface area contributed by atoms with Crippen LogP contribution in [0.2, 0.25) is 0 Å². The van der Waals surface area contributed by atoms with Gasteiger partial charge in [-0.15, -0.1) is 0 Å². The van der Waals surface area contributed by atoms with E-state index in [0.717, 1.165) is 28.1 Å². The predicted molar refractivity (Wildman–Crippen MR) is 70.6 cm³/mol. The Kier molecular flexibility index (Phi) is 5.50. The van der Waals surface area contributed by atoms with E-state index in [0.29, 0.717) is 0 Å². The zero-order chi connectivity index (χ0) is 11.3. The van der Waals surface area contributed by atoms with Gasteiger partial charge in [0.25, 0.3) is 0 Å². The van der Waals surface area contributed by atoms with E-state index in [2.05, 4.69) is 22.2 Å². The third-order valence-electron chi connectivity index (χ3n) is 2.01. The minimum atomic E-state index is -0.00761. The van der Waals surface area contributed by atoms with E-state index in [1.54, 1.807) is 11.8 Å². The highest BCUT2D eigenvalue weighted by Gasteiger charge is 2.08. The molecule has 1 aromatic rings. The fourth-order valence-corrected chi connectivity index (χ4v) is 1.87. The number of thioether (sulfide) groups is 1. The first kappa shape index (κ1) is 12.9. The molecule has 0 aliphatic heterocycles. The zero-order valence-electron chi connectivity index (χ0n) is 9.00. The van der Waals surface area contributed by atoms with Crippen LogP contribution in [0.4, 0.5) is 0 Å². The first-order valence-electron chi connectivity index (χ1n) is 4.82. The molecule has 1 unspecified atom stereocenters. The summed E-state index contributed by atoms with van der Waals surface area (Å²) in [4.78, 5) is 0. The highest BCUT2D eigenvalue weighted by atomic mass is 79.9. The predicted octanol–water partition coefficient (Wildman–Crippen LogP) is 3.21. The van der Waals surface area contributed by atoms with Gasteiger partial charge in [-0.25, -0.2) is 0 Å². The van der Waals surface area contributed by atoms with E-state index < -0.39 is 0 Å². The lowest BCUT2D eigenvalue weighted by molar-refractivity contribution is 0.338. The molecule has 0 bridgehead atoms. The molecular formula is C11H16BrNOS. The molecule has 0 fully saturated rings. The summed E-state index contributed by atoms with van der Waals surface area (Å²) in [5.41, 5.74) is 6.93. The van der Waals surface area contributed by atoms with Crippen molar-refractivity contribution in [3.63, 3.8) is 0 Å². The Labute approximate surface area is 104 Å². The smallest absolute Gasteiger partial charge is 0.124 e. The zero-order valence-corrected chi connectivity index (χ0v) is 11.4. The molecular weight excluding hydrogens is 274 g/mol. The molecule has 4 heteroatoms. The van der Waals surface area contributed by atoms with Crippen molar-refractivity contribution in [3.8, 4) is 5.75 Å². The van der Waals surface area contributed by atoms with E-state index in [1.807, 2.05) is 25.1 Å². The van der Waals surface area contributed by atoms with Gasteiger partial charge in [-0.2, -0.15) is 11.8 Å². The van der Waals surface area contributed by atoms with Crippen molar-refractivity contribution in [3.05, 3.63) is 28.2 Å². The summed E-state index contributed by atoms with van der Waals surface area (Å²) in [6, 6.07) is 5.94. The number of ether oxygens (including phenoxy) is 1. The number of rotatable bonds is 5. The first-order valence-corrected chi connectivity index (χ1v) is 7.00. The van der Waals surface area contributed by atoms with Crippen molar-refractivity contribution in [2.45, 2.75) is 13.0 Å². The van der Waals surface area contributed by atoms with Crippen molar-refractivity contribution >= 4 is 27.7 Å². The molecule has 2 N–H and O–H groups in total. The summed E-state index contributed by atoms with van der Waals surface area (Å²) in [6.45, 7) is 2.69. The number of halogens is 1. The van der Waals surface area contributed by atoms with Crippen molar-refractivity contribution in [2.24, 2.45) is 5.73 Å². The molecule has 0 radical (unpaired) electrons. The molecule has 1 atom stereocenters. The van der Waals surface area contributed by atoms with E-state index in [4.69, 9.17) is 10.5 Å². The molecule has 0 amide bonds. The second-order valence-electron chi connectivity index (χ2n) is 3.31. The van der Waals surface area contributed by atoms with Gasteiger partial charge in [0.2, 0.25) is 0 Å². The maximum atomic E-state index is 5.88. The molecule has 1 aromatic carbocycles. The van der Waals surface area contributed by atoms with Crippen LogP contribution in [0.25, 0.3) is 0 Å². The summed E-state index contributed by atoms with van der Waals surface area (Å²) in [6.07, 6.45) is 2.07. The Bertz CT molecular complexity index is 317. The molecule has 0 aliphatic carbocycles. The van der Waals surface area contributed by atoms with Gasteiger partial charge in [0, 0.05) is 21.8 Å². The summed E-state index contributed by atoms with van der Waals surface area (Å²) < 4.78 is 6.71. The molecule has 0 saturated carbocycles. The number of nitrogens with two attached hydrogens (primary N) is 1. The van der Waals surface area contributed by atoms with Gasteiger partial charge in [0.05, 0.1) is 6.61 Å². The molecule has 0 aromatic heterocycles. The second-order valence-corrected chi connectivity index (χ2v) is 5.21. The van der Waals surface area contributed by atoms with Crippen LogP contribution < -0.4 is 10.5 Å². The molecule has 0 spiro atoms. The summed E-state index contributed by atoms with van der Waals surface area (Å²) in [5, 5.41) is 0. The van der Waals surface area contributed by atoms with Crippen molar-refractivity contribution in [2.75, 3.05) is 18.6 Å². The molecule has 0 saturated heterocycles. The maximum absolute atomic E-state index is 5.88. The molecule has 84 valence electrons. The average molecular weight is 290 g/mol. The van der Waals surface area contributed by atoms with Crippen LogP contribution in [-0.2, 0) is 0 Å². The maximum Gasteiger partial charge on any atom is 0.124 e. The quantitative estimate of drug-likeness (QED) is 0.846. The fourth-order valence-electron chi connectivity index (χ4n) is 1.24. The van der Waals surface area contributed by atoms with Crippen LogP contribution in [0.15, 0.2) is 22.7 Å². The van der Waals surface area contributed by atoms with Crippen LogP contribution in [0.3, 0.4) is 0 Å². The molecule has 0 heterocycles. The molecule has 1 rings (SSSR count). The van der Waals surface area contributed by atoms with Gasteiger partial charge in [0.1, 0.15) is 5.75 Å². The minimum absolute atomic E-state index is 0.00761. The molecule has 0 aliphatic rings. The monoisotopic (exact) mass is 289 g/mol. The van der Waals surface area contributed by atoms with Crippen molar-refractivity contribution in [1.29, 1.82) is 0 Å². The van der Waals surface area contributed by atoms with Gasteiger partial charge < -0.3 is 10.5 Å². The standard InChI is InChI=1S/C11H16BrNOS/c1-8(13)10-7-9(12)3-4-11(10)14-5-6-15-2/h3-4,7-8H,5-6,13H2,1-2H3. The Morgan fingerprint density at radius 2 is 2.27 bits per heavy atom. The van der Waals surface area contributed by atoms with E-state index in [1.165, 1.54) is 0 Å². The molecule has 2 nitrogen and oxygen atoms in total. The number of hydrogen-bond donors (Lipinski definition) is 1. The number of benzene rings is 1. The highest BCUT2D eigenvalue weighted by Crippen LogP contribution is 2.27. The van der Waals surface area contributed by atoms with E-state index >= 15 is 0 Å². The van der Waals surface area contributed by atoms with Crippen LogP contribution in [0.1, 0.15) is 18.5 Å². The number of hydrogen-bond acceptors (Lipinski definition) is 3. The lowest BCUT2D eigenvalue weighted by Gasteiger charge is -2.14. The van der Waals surface area contributed by atoms with Gasteiger partial charge in [-0.05, 0) is 31.4 Å². The van der Waals surface area contributed by atoms with Crippen LogP contribution in [0.5, 0.6) is 5.75 Å². The van der Waals surface area contributed by atoms with E-state index in [-0.39, 0.29) is 6.04 Å². The Morgan fingerprint density at radius 1 is 1.53 bits per heavy atom. The normalized spacial score (nSPS) is 12.5. The third-order valence-corrected chi connectivity index (χ3v) is 3.08. The lowest BCUT2D eigenvalue weighted by atomic mass is 10.1. The SMILES string of the molecule is CSCCOc1ccc(Br)cc1C(C)N. The second kappa shape index (κ2) is 6.40. The third kappa shape index (κ3) is 4.05. The first-order chi connectivity index (χ1) is 7.15. The van der Waals surface area contributed by atoms with Crippen LogP contribution in [0, 0.1) is 0 Å². The molecule has 15 heavy (non-hydrogen) atoms. The van der Waals surface area contributed by atoms with Gasteiger partial charge in [-0.3, -0.25) is 0 Å². The highest BCUT2D eigenvalue weighted by molar-refractivity contribution is 9.10. The fraction of sp³-hybridized carbons (Fsp3) is 0.455. The Hall–Kier alpha value is -0.190. The Balaban J connectivity index is 2.77. The summed E-state index contributed by atoms with van der Waals surface area (Å²) in [5.74, 6) is 1.89. The Morgan fingerprint density at radius 3 is 2.87 bits per heavy atom.